The Morgan fingerprint density at radius 3 is 2.23 bits per heavy atom. The lowest BCUT2D eigenvalue weighted by atomic mass is 10.0. The summed E-state index contributed by atoms with van der Waals surface area (Å²) >= 11 is 0. The lowest BCUT2D eigenvalue weighted by molar-refractivity contribution is -0.121. The third-order valence-electron chi connectivity index (χ3n) is 4.20. The van der Waals surface area contributed by atoms with Crippen LogP contribution in [0.2, 0.25) is 0 Å². The van der Waals surface area contributed by atoms with Crippen LogP contribution in [0.5, 0.6) is 0 Å². The number of hydrogen-bond donors (Lipinski definition) is 1. The van der Waals surface area contributed by atoms with Crippen molar-refractivity contribution in [3.8, 4) is 0 Å². The van der Waals surface area contributed by atoms with E-state index in [1.807, 2.05) is 19.1 Å². The van der Waals surface area contributed by atoms with Crippen molar-refractivity contribution in [2.24, 2.45) is 0 Å². The molecule has 1 N–H and O–H groups in total. The third kappa shape index (κ3) is 4.20. The molecule has 2 aromatic rings. The van der Waals surface area contributed by atoms with Gasteiger partial charge in [-0.2, -0.15) is 0 Å². The highest BCUT2D eigenvalue weighted by Gasteiger charge is 2.10. The molecule has 0 radical (unpaired) electrons. The minimum atomic E-state index is 0.0294. The van der Waals surface area contributed by atoms with Crippen LogP contribution in [0.25, 0.3) is 0 Å². The number of rotatable bonds is 5. The maximum absolute atomic E-state index is 12.2. The molecule has 2 rings (SSSR count). The molecule has 0 aromatic heterocycles. The van der Waals surface area contributed by atoms with Gasteiger partial charge < -0.3 is 5.32 Å². The number of carbonyl (C=O) groups excluding carboxylic acids is 1. The average Bonchev–Trinajstić information content (AvgIpc) is 2.50. The fourth-order valence-electron chi connectivity index (χ4n) is 2.49. The Bertz CT molecular complexity index is 643. The van der Waals surface area contributed by atoms with Crippen LogP contribution < -0.4 is 5.32 Å². The van der Waals surface area contributed by atoms with Crippen molar-refractivity contribution < 1.29 is 4.79 Å². The van der Waals surface area contributed by atoms with Crippen LogP contribution in [0.3, 0.4) is 0 Å². The minimum Gasteiger partial charge on any atom is -0.349 e. The molecule has 1 amide bonds. The summed E-state index contributed by atoms with van der Waals surface area (Å²) in [6.07, 6.45) is 1.45. The molecule has 0 aliphatic rings. The van der Waals surface area contributed by atoms with E-state index < -0.39 is 0 Å². The van der Waals surface area contributed by atoms with Gasteiger partial charge in [-0.15, -0.1) is 0 Å². The Labute approximate surface area is 133 Å². The molecule has 2 nitrogen and oxygen atoms in total. The highest BCUT2D eigenvalue weighted by Crippen LogP contribution is 2.17. The van der Waals surface area contributed by atoms with Crippen molar-refractivity contribution in [1.29, 1.82) is 0 Å². The Balaban J connectivity index is 1.96. The van der Waals surface area contributed by atoms with E-state index in [9.17, 15) is 4.79 Å². The fourth-order valence-corrected chi connectivity index (χ4v) is 2.49. The Morgan fingerprint density at radius 1 is 1.00 bits per heavy atom. The molecule has 2 aromatic carbocycles. The quantitative estimate of drug-likeness (QED) is 0.876. The molecule has 0 saturated heterocycles. The molecule has 0 aliphatic heterocycles. The van der Waals surface area contributed by atoms with Crippen LogP contribution >= 0.6 is 0 Å². The lowest BCUT2D eigenvalue weighted by Crippen LogP contribution is -2.28. The zero-order chi connectivity index (χ0) is 16.1. The molecule has 22 heavy (non-hydrogen) atoms. The summed E-state index contributed by atoms with van der Waals surface area (Å²) in [5, 5.41) is 3.08. The number of hydrogen-bond acceptors (Lipinski definition) is 1. The van der Waals surface area contributed by atoms with Crippen molar-refractivity contribution in [3.05, 3.63) is 70.3 Å². The van der Waals surface area contributed by atoms with Gasteiger partial charge in [0, 0.05) is 0 Å². The summed E-state index contributed by atoms with van der Waals surface area (Å²) in [6.45, 7) is 8.36. The van der Waals surface area contributed by atoms with Crippen LogP contribution in [0.4, 0.5) is 0 Å². The summed E-state index contributed by atoms with van der Waals surface area (Å²) in [7, 11) is 0. The van der Waals surface area contributed by atoms with Gasteiger partial charge in [0.15, 0.2) is 0 Å². The number of benzene rings is 2. The topological polar surface area (TPSA) is 29.1 Å². The Hall–Kier alpha value is -2.09. The number of carbonyl (C=O) groups is 1. The molecular formula is C20H25NO. The van der Waals surface area contributed by atoms with Crippen molar-refractivity contribution >= 4 is 5.91 Å². The van der Waals surface area contributed by atoms with Gasteiger partial charge in [0.05, 0.1) is 12.5 Å². The average molecular weight is 295 g/mol. The third-order valence-corrected chi connectivity index (χ3v) is 4.20. The van der Waals surface area contributed by atoms with E-state index in [0.29, 0.717) is 6.42 Å². The maximum atomic E-state index is 12.2. The lowest BCUT2D eigenvalue weighted by Gasteiger charge is -2.16. The highest BCUT2D eigenvalue weighted by molar-refractivity contribution is 5.79. The van der Waals surface area contributed by atoms with E-state index in [4.69, 9.17) is 0 Å². The highest BCUT2D eigenvalue weighted by atomic mass is 16.1. The van der Waals surface area contributed by atoms with Crippen molar-refractivity contribution in [3.63, 3.8) is 0 Å². The molecule has 116 valence electrons. The van der Waals surface area contributed by atoms with Crippen molar-refractivity contribution in [2.45, 2.75) is 46.6 Å². The van der Waals surface area contributed by atoms with E-state index in [1.54, 1.807) is 0 Å². The van der Waals surface area contributed by atoms with E-state index in [2.05, 4.69) is 56.4 Å². The van der Waals surface area contributed by atoms with Crippen LogP contribution in [0.15, 0.2) is 42.5 Å². The molecule has 0 saturated carbocycles. The van der Waals surface area contributed by atoms with E-state index in [-0.39, 0.29) is 11.9 Å². The molecule has 0 aliphatic carbocycles. The minimum absolute atomic E-state index is 0.0294. The molecule has 0 fully saturated rings. The molecule has 2 heteroatoms. The van der Waals surface area contributed by atoms with Gasteiger partial charge >= 0.3 is 0 Å². The van der Waals surface area contributed by atoms with Gasteiger partial charge in [0.2, 0.25) is 5.91 Å². The second-order valence-electron chi connectivity index (χ2n) is 5.98. The van der Waals surface area contributed by atoms with E-state index in [0.717, 1.165) is 17.5 Å². The largest absolute Gasteiger partial charge is 0.349 e. The predicted octanol–water partition coefficient (Wildman–Crippen LogP) is 4.29. The zero-order valence-corrected chi connectivity index (χ0v) is 13.9. The number of amides is 1. The smallest absolute Gasteiger partial charge is 0.224 e. The van der Waals surface area contributed by atoms with Gasteiger partial charge in [-0.1, -0.05) is 49.4 Å². The number of nitrogens with one attached hydrogen (secondary N) is 1. The van der Waals surface area contributed by atoms with Crippen molar-refractivity contribution in [1.82, 2.24) is 5.32 Å². The number of aryl methyl sites for hydroxylation is 3. The summed E-state index contributed by atoms with van der Waals surface area (Å²) in [6, 6.07) is 14.6. The first-order valence-electron chi connectivity index (χ1n) is 7.94. The monoisotopic (exact) mass is 295 g/mol. The first-order chi connectivity index (χ1) is 10.5. The van der Waals surface area contributed by atoms with Gasteiger partial charge in [-0.3, -0.25) is 4.79 Å². The summed E-state index contributed by atoms with van der Waals surface area (Å²) in [5.41, 5.74) is 6.04. The normalized spacial score (nSPS) is 12.0. The first-order valence-corrected chi connectivity index (χ1v) is 7.94. The Kier molecular flexibility index (Phi) is 5.37. The van der Waals surface area contributed by atoms with Crippen LogP contribution in [-0.4, -0.2) is 5.91 Å². The van der Waals surface area contributed by atoms with E-state index >= 15 is 0 Å². The van der Waals surface area contributed by atoms with Gasteiger partial charge in [0.1, 0.15) is 0 Å². The van der Waals surface area contributed by atoms with Crippen LogP contribution in [0, 0.1) is 13.8 Å². The molecule has 1 atom stereocenters. The van der Waals surface area contributed by atoms with E-state index in [1.165, 1.54) is 16.7 Å². The van der Waals surface area contributed by atoms with Crippen LogP contribution in [0.1, 0.15) is 47.7 Å². The van der Waals surface area contributed by atoms with Crippen molar-refractivity contribution in [2.75, 3.05) is 0 Å². The molecular weight excluding hydrogens is 270 g/mol. The first kappa shape index (κ1) is 16.3. The van der Waals surface area contributed by atoms with Gasteiger partial charge in [-0.05, 0) is 55.0 Å². The summed E-state index contributed by atoms with van der Waals surface area (Å²) in [4.78, 5) is 12.2. The van der Waals surface area contributed by atoms with Gasteiger partial charge in [-0.25, -0.2) is 0 Å². The predicted molar refractivity (Wildman–Crippen MR) is 92.0 cm³/mol. The molecule has 1 unspecified atom stereocenters. The SMILES string of the molecule is CCc1ccc(CC(=O)NC(C)c2ccc(C)c(C)c2)cc1. The molecule has 0 bridgehead atoms. The fraction of sp³-hybridized carbons (Fsp3) is 0.350. The standard InChI is InChI=1S/C20H25NO/c1-5-17-7-9-18(10-8-17)13-20(22)21-16(4)19-11-6-14(2)15(3)12-19/h6-12,16H,5,13H2,1-4H3,(H,21,22). The van der Waals surface area contributed by atoms with Gasteiger partial charge in [0.25, 0.3) is 0 Å². The van der Waals surface area contributed by atoms with Crippen LogP contribution in [-0.2, 0) is 17.6 Å². The maximum Gasteiger partial charge on any atom is 0.224 e. The molecule has 0 spiro atoms. The molecule has 0 heterocycles. The summed E-state index contributed by atoms with van der Waals surface area (Å²) in [5.74, 6) is 0.0648. The summed E-state index contributed by atoms with van der Waals surface area (Å²) < 4.78 is 0. The Morgan fingerprint density at radius 2 is 1.64 bits per heavy atom. The zero-order valence-electron chi connectivity index (χ0n) is 13.9. The second kappa shape index (κ2) is 7.26. The second-order valence-corrected chi connectivity index (χ2v) is 5.98.